The van der Waals surface area contributed by atoms with E-state index in [0.29, 0.717) is 18.8 Å². The fourth-order valence-corrected chi connectivity index (χ4v) is 10.1. The SMILES string of the molecule is CC(C)(COP(=O)(O)OP(=O)(O)OC[C@H]1O[C@@H](n2cnc3c(N)cnnc32)[C@H](O)[C@@H]1OP(=O)(O)O)[C@@H](O)C(=O)NCCC(=O)NCCSC(=O)C1(CCCCCc2ccccc2)CO1. The first kappa shape index (κ1) is 51.7. The van der Waals surface area contributed by atoms with Gasteiger partial charge in [0.2, 0.25) is 16.9 Å². The molecule has 356 valence electrons. The van der Waals surface area contributed by atoms with Crippen LogP contribution >= 0.6 is 35.2 Å². The molecule has 2 aromatic heterocycles. The Kier molecular flexibility index (Phi) is 17.8. The van der Waals surface area contributed by atoms with Crippen molar-refractivity contribution in [1.29, 1.82) is 0 Å². The number of anilines is 1. The molecular weight excluding hydrogens is 931 g/mol. The second-order valence-electron chi connectivity index (χ2n) is 15.6. The topological polar surface area (TPSA) is 376 Å². The Hall–Kier alpha value is -3.26. The van der Waals surface area contributed by atoms with Gasteiger partial charge in [0.05, 0.1) is 38.0 Å². The predicted molar refractivity (Wildman–Crippen MR) is 224 cm³/mol. The van der Waals surface area contributed by atoms with E-state index in [2.05, 4.69) is 46.8 Å². The molecule has 0 spiro atoms. The maximum absolute atomic E-state index is 12.7. The first-order valence-corrected chi connectivity index (χ1v) is 25.3. The molecule has 3 aromatic rings. The molecular formula is C35H52N7O18P3S. The van der Waals surface area contributed by atoms with Crippen molar-refractivity contribution in [2.75, 3.05) is 44.4 Å². The van der Waals surface area contributed by atoms with Crippen LogP contribution in [0, 0.1) is 5.41 Å². The molecule has 2 aliphatic heterocycles. The van der Waals surface area contributed by atoms with Gasteiger partial charge in [0.15, 0.2) is 17.5 Å². The molecule has 10 N–H and O–H groups in total. The summed E-state index contributed by atoms with van der Waals surface area (Å²) in [5.74, 6) is -1.11. The van der Waals surface area contributed by atoms with Crippen LogP contribution in [0.4, 0.5) is 5.69 Å². The number of rotatable bonds is 26. The summed E-state index contributed by atoms with van der Waals surface area (Å²) in [6.07, 6.45) is -2.40. The molecule has 5 rings (SSSR count). The standard InChI is InChI=1S/C35H52N7O18P3S/c1-34(2,29(45)31(46)38-14-12-25(43)37-15-16-64-33(47)35(20-55-35)13-8-4-7-11-22-9-5-3-6-10-22)19-57-63(53,54)60-62(51,52)56-18-24-28(59-61(48,49)50)27(44)32(58-24)42-21-39-26-23(36)17-40-41-30(26)42/h3,5-6,9-10,17,21,24,27-29,32,44-45H,4,7-8,11-16,18-20H2,1-2H3,(H2,36,41)(H,37,43)(H,38,46)(H,51,52)(H,53,54)(H2,48,49,50)/t24-,27-,28-,29+,32-,35?/m1/s1. The fourth-order valence-electron chi connectivity index (χ4n) is 6.41. The molecule has 2 amide bonds. The maximum atomic E-state index is 12.7. The summed E-state index contributed by atoms with van der Waals surface area (Å²) in [6.45, 7) is 0.828. The van der Waals surface area contributed by atoms with E-state index in [1.165, 1.54) is 25.6 Å². The minimum atomic E-state index is -5.58. The van der Waals surface area contributed by atoms with Gasteiger partial charge in [-0.3, -0.25) is 32.5 Å². The van der Waals surface area contributed by atoms with Gasteiger partial charge < -0.3 is 55.6 Å². The number of aryl methyl sites for hydroxylation is 1. The average molecular weight is 984 g/mol. The number of aliphatic hydroxyl groups excluding tert-OH is 2. The van der Waals surface area contributed by atoms with Crippen molar-refractivity contribution >= 4 is 69.0 Å². The number of epoxide rings is 1. The monoisotopic (exact) mass is 983 g/mol. The lowest BCUT2D eigenvalue weighted by molar-refractivity contribution is -0.137. The van der Waals surface area contributed by atoms with Gasteiger partial charge in [0, 0.05) is 30.7 Å². The number of carbonyl (C=O) groups is 3. The van der Waals surface area contributed by atoms with Crippen LogP contribution in [-0.4, -0.2) is 135 Å². The highest BCUT2D eigenvalue weighted by molar-refractivity contribution is 8.13. The molecule has 25 nitrogen and oxygen atoms in total. The number of fused-ring (bicyclic) bond motifs is 1. The highest BCUT2D eigenvalue weighted by Gasteiger charge is 2.52. The summed E-state index contributed by atoms with van der Waals surface area (Å²) in [4.78, 5) is 81.2. The van der Waals surface area contributed by atoms with Crippen molar-refractivity contribution in [2.24, 2.45) is 5.41 Å². The van der Waals surface area contributed by atoms with Crippen LogP contribution in [0.5, 0.6) is 0 Å². The summed E-state index contributed by atoms with van der Waals surface area (Å²) in [5.41, 5.74) is 4.91. The lowest BCUT2D eigenvalue weighted by Gasteiger charge is -2.30. The zero-order valence-electron chi connectivity index (χ0n) is 34.6. The number of imidazole rings is 1. The summed E-state index contributed by atoms with van der Waals surface area (Å²) in [7, 11) is -16.4. The van der Waals surface area contributed by atoms with E-state index in [9.17, 15) is 57.9 Å². The Bertz CT molecular complexity index is 2230. The summed E-state index contributed by atoms with van der Waals surface area (Å²) in [5, 5.41) is 34.0. The van der Waals surface area contributed by atoms with Crippen molar-refractivity contribution in [1.82, 2.24) is 30.4 Å². The molecule has 3 unspecified atom stereocenters. The smallest absolute Gasteiger partial charge is 0.396 e. The van der Waals surface area contributed by atoms with E-state index in [1.807, 2.05) is 18.2 Å². The number of phosphoric ester groups is 3. The van der Waals surface area contributed by atoms with E-state index < -0.39 is 90.2 Å². The highest BCUT2D eigenvalue weighted by Crippen LogP contribution is 2.61. The number of hydrogen-bond donors (Lipinski definition) is 9. The van der Waals surface area contributed by atoms with Crippen LogP contribution in [0.3, 0.4) is 0 Å². The third kappa shape index (κ3) is 14.9. The largest absolute Gasteiger partial charge is 0.481 e. The number of phosphoric acid groups is 3. The number of nitrogens with zero attached hydrogens (tertiary/aromatic N) is 4. The number of benzene rings is 1. The molecule has 2 aliphatic rings. The number of thioether (sulfide) groups is 1. The number of nitrogen functional groups attached to an aromatic ring is 1. The highest BCUT2D eigenvalue weighted by atomic mass is 32.2. The number of nitrogens with one attached hydrogen (secondary N) is 2. The first-order valence-electron chi connectivity index (χ1n) is 19.8. The Labute approximate surface area is 370 Å². The minimum Gasteiger partial charge on any atom is -0.396 e. The van der Waals surface area contributed by atoms with Gasteiger partial charge in [-0.15, -0.1) is 5.10 Å². The van der Waals surface area contributed by atoms with Crippen LogP contribution < -0.4 is 16.4 Å². The maximum Gasteiger partial charge on any atom is 0.481 e. The second-order valence-corrected chi connectivity index (χ2v) is 20.9. The molecule has 4 heterocycles. The number of aliphatic hydroxyl groups is 2. The van der Waals surface area contributed by atoms with Crippen molar-refractivity contribution in [3.05, 3.63) is 48.4 Å². The third-order valence-electron chi connectivity index (χ3n) is 9.99. The molecule has 0 saturated carbocycles. The van der Waals surface area contributed by atoms with Gasteiger partial charge in [-0.2, -0.15) is 9.41 Å². The second kappa shape index (κ2) is 22.0. The molecule has 1 aromatic carbocycles. The Morgan fingerprint density at radius 3 is 2.44 bits per heavy atom. The molecule has 0 bridgehead atoms. The summed E-state index contributed by atoms with van der Waals surface area (Å²) in [6, 6.07) is 10.2. The fraction of sp³-hybridized carbons (Fsp3) is 0.600. The molecule has 0 radical (unpaired) electrons. The molecule has 0 aliphatic carbocycles. The molecule has 64 heavy (non-hydrogen) atoms. The summed E-state index contributed by atoms with van der Waals surface area (Å²) >= 11 is 1.08. The number of unbranched alkanes of at least 4 members (excludes halogenated alkanes) is 2. The van der Waals surface area contributed by atoms with E-state index >= 15 is 0 Å². The minimum absolute atomic E-state index is 0.0194. The van der Waals surface area contributed by atoms with Gasteiger partial charge in [0.25, 0.3) is 0 Å². The van der Waals surface area contributed by atoms with Gasteiger partial charge in [-0.05, 0) is 31.2 Å². The normalized spacial score (nSPS) is 23.6. The van der Waals surface area contributed by atoms with E-state index in [0.717, 1.165) is 48.3 Å². The van der Waals surface area contributed by atoms with Gasteiger partial charge in [-0.25, -0.2) is 18.7 Å². The zero-order valence-corrected chi connectivity index (χ0v) is 38.1. The van der Waals surface area contributed by atoms with Crippen molar-refractivity contribution in [3.8, 4) is 0 Å². The lowest BCUT2D eigenvalue weighted by atomic mass is 9.87. The number of ether oxygens (including phenoxy) is 2. The zero-order chi connectivity index (χ0) is 46.9. The van der Waals surface area contributed by atoms with Crippen LogP contribution in [-0.2, 0) is 61.9 Å². The third-order valence-corrected chi connectivity index (χ3v) is 14.1. The van der Waals surface area contributed by atoms with Crippen molar-refractivity contribution < 1.29 is 85.2 Å². The van der Waals surface area contributed by atoms with Gasteiger partial charge in [0.1, 0.15) is 29.9 Å². The number of carbonyl (C=O) groups excluding carboxylic acids is 3. The molecule has 2 saturated heterocycles. The number of aromatic nitrogens is 4. The van der Waals surface area contributed by atoms with E-state index in [1.54, 1.807) is 0 Å². The summed E-state index contributed by atoms with van der Waals surface area (Å²) < 4.78 is 67.9. The molecule has 29 heteroatoms. The number of hydrogen-bond acceptors (Lipinski definition) is 19. The predicted octanol–water partition coefficient (Wildman–Crippen LogP) is 1.24. The van der Waals surface area contributed by atoms with Crippen LogP contribution in [0.2, 0.25) is 0 Å². The van der Waals surface area contributed by atoms with E-state index in [4.69, 9.17) is 24.3 Å². The van der Waals surface area contributed by atoms with E-state index in [-0.39, 0.29) is 41.5 Å². The first-order chi connectivity index (χ1) is 30.0. The number of amides is 2. The van der Waals surface area contributed by atoms with Crippen LogP contribution in [0.1, 0.15) is 57.7 Å². The Morgan fingerprint density at radius 2 is 1.75 bits per heavy atom. The lowest BCUT2D eigenvalue weighted by Crippen LogP contribution is -2.46. The quantitative estimate of drug-likeness (QED) is 0.0310. The molecule has 8 atom stereocenters. The Balaban J connectivity index is 0.991. The van der Waals surface area contributed by atoms with Crippen LogP contribution in [0.25, 0.3) is 11.2 Å². The molecule has 2 fully saturated rings. The van der Waals surface area contributed by atoms with Gasteiger partial charge in [-0.1, -0.05) is 62.4 Å². The van der Waals surface area contributed by atoms with Crippen molar-refractivity contribution in [2.45, 2.75) is 88.6 Å². The Morgan fingerprint density at radius 1 is 1.05 bits per heavy atom. The van der Waals surface area contributed by atoms with Crippen LogP contribution in [0.15, 0.2) is 42.9 Å². The van der Waals surface area contributed by atoms with Crippen molar-refractivity contribution in [3.63, 3.8) is 0 Å². The average Bonchev–Trinajstić information content (AvgIpc) is 3.80. The number of nitrogens with two attached hydrogens (primary N) is 1. The van der Waals surface area contributed by atoms with Gasteiger partial charge >= 0.3 is 23.5 Å².